The summed E-state index contributed by atoms with van der Waals surface area (Å²) in [6.07, 6.45) is 1.85. The van der Waals surface area contributed by atoms with E-state index in [1.165, 1.54) is 0 Å². The normalized spacial score (nSPS) is 12.2. The largest absolute Gasteiger partial charge is 0.350 e. The van der Waals surface area contributed by atoms with Gasteiger partial charge in [0.25, 0.3) is 5.91 Å². The number of nitrogens with zero attached hydrogens (tertiary/aromatic N) is 1. The van der Waals surface area contributed by atoms with Gasteiger partial charge >= 0.3 is 0 Å². The lowest BCUT2D eigenvalue weighted by molar-refractivity contribution is -0.114. The molecule has 8 heteroatoms. The highest BCUT2D eigenvalue weighted by atomic mass is 32.2. The van der Waals surface area contributed by atoms with Gasteiger partial charge in [-0.05, 0) is 57.4 Å². The summed E-state index contributed by atoms with van der Waals surface area (Å²) in [5, 5.41) is 5.57. The number of hydrogen-bond donors (Lipinski definition) is 2. The number of sulfonamides is 1. The molecule has 0 aliphatic rings. The van der Waals surface area contributed by atoms with Crippen LogP contribution in [0.15, 0.2) is 36.4 Å². The Morgan fingerprint density at radius 2 is 1.65 bits per heavy atom. The minimum absolute atomic E-state index is 0.00975. The predicted molar refractivity (Wildman–Crippen MR) is 125 cm³/mol. The Hall–Kier alpha value is -2.87. The van der Waals surface area contributed by atoms with Gasteiger partial charge in [0.2, 0.25) is 15.9 Å². The summed E-state index contributed by atoms with van der Waals surface area (Å²) in [6, 6.07) is 10.4. The number of amides is 2. The summed E-state index contributed by atoms with van der Waals surface area (Å²) in [5.74, 6) is -0.830. The topological polar surface area (TPSA) is 95.6 Å². The van der Waals surface area contributed by atoms with Crippen molar-refractivity contribution < 1.29 is 18.0 Å². The summed E-state index contributed by atoms with van der Waals surface area (Å²) in [7, 11) is -3.72. The third kappa shape index (κ3) is 6.30. The first-order valence-corrected chi connectivity index (χ1v) is 12.0. The molecule has 0 unspecified atom stereocenters. The van der Waals surface area contributed by atoms with E-state index in [4.69, 9.17) is 0 Å². The molecular formula is C23H31N3O4S. The van der Waals surface area contributed by atoms with Gasteiger partial charge in [-0.15, -0.1) is 0 Å². The van der Waals surface area contributed by atoms with Crippen LogP contribution in [0.4, 0.5) is 11.4 Å². The van der Waals surface area contributed by atoms with E-state index in [0.29, 0.717) is 16.9 Å². The van der Waals surface area contributed by atoms with Crippen LogP contribution in [0.1, 0.15) is 47.3 Å². The molecule has 0 fully saturated rings. The highest BCUT2D eigenvalue weighted by Crippen LogP contribution is 2.28. The summed E-state index contributed by atoms with van der Waals surface area (Å²) < 4.78 is 26.1. The maximum atomic E-state index is 12.8. The molecule has 0 bridgehead atoms. The predicted octanol–water partition coefficient (Wildman–Crippen LogP) is 3.54. The fourth-order valence-electron chi connectivity index (χ4n) is 3.44. The minimum Gasteiger partial charge on any atom is -0.350 e. The SMILES string of the molecule is CC[C@@H](C)NC(=O)c1ccccc1NC(=O)CN(c1c(C)cc(C)cc1C)S(C)(=O)=O. The fourth-order valence-corrected chi connectivity index (χ4v) is 4.41. The summed E-state index contributed by atoms with van der Waals surface area (Å²) >= 11 is 0. The smallest absolute Gasteiger partial charge is 0.253 e. The second-order valence-corrected chi connectivity index (χ2v) is 9.80. The van der Waals surface area contributed by atoms with E-state index in [2.05, 4.69) is 10.6 Å². The number of carbonyl (C=O) groups is 2. The Morgan fingerprint density at radius 1 is 1.06 bits per heavy atom. The van der Waals surface area contributed by atoms with E-state index < -0.39 is 22.5 Å². The summed E-state index contributed by atoms with van der Waals surface area (Å²) in [4.78, 5) is 25.4. The standard InChI is InChI=1S/C23H31N3O4S/c1-7-18(5)24-23(28)19-10-8-9-11-20(19)25-21(27)14-26(31(6,29)30)22-16(3)12-15(2)13-17(22)4/h8-13,18H,7,14H2,1-6H3,(H,24,28)(H,25,27)/t18-/m1/s1. The van der Waals surface area contributed by atoms with Crippen molar-refractivity contribution >= 4 is 33.2 Å². The average Bonchev–Trinajstić information content (AvgIpc) is 2.65. The Bertz CT molecular complexity index is 1060. The molecule has 2 N–H and O–H groups in total. The molecule has 1 atom stereocenters. The van der Waals surface area contributed by atoms with E-state index in [1.54, 1.807) is 24.3 Å². The minimum atomic E-state index is -3.72. The van der Waals surface area contributed by atoms with Crippen LogP contribution < -0.4 is 14.9 Å². The molecule has 0 spiro atoms. The Morgan fingerprint density at radius 3 is 2.19 bits per heavy atom. The molecule has 31 heavy (non-hydrogen) atoms. The van der Waals surface area contributed by atoms with Crippen LogP contribution >= 0.6 is 0 Å². The van der Waals surface area contributed by atoms with Gasteiger partial charge in [-0.25, -0.2) is 8.42 Å². The van der Waals surface area contributed by atoms with Crippen LogP contribution in [0.2, 0.25) is 0 Å². The highest BCUT2D eigenvalue weighted by Gasteiger charge is 2.25. The lowest BCUT2D eigenvalue weighted by Crippen LogP contribution is -2.39. The van der Waals surface area contributed by atoms with Crippen molar-refractivity contribution in [3.05, 3.63) is 58.7 Å². The summed E-state index contributed by atoms with van der Waals surface area (Å²) in [5.41, 5.74) is 3.70. The first-order valence-electron chi connectivity index (χ1n) is 10.2. The van der Waals surface area contributed by atoms with E-state index in [9.17, 15) is 18.0 Å². The van der Waals surface area contributed by atoms with Crippen LogP contribution in [-0.2, 0) is 14.8 Å². The zero-order valence-corrected chi connectivity index (χ0v) is 19.8. The van der Waals surface area contributed by atoms with Crippen LogP contribution in [0.3, 0.4) is 0 Å². The first kappa shape index (κ1) is 24.4. The lowest BCUT2D eigenvalue weighted by atomic mass is 10.1. The van der Waals surface area contributed by atoms with Crippen LogP contribution in [-0.4, -0.2) is 39.1 Å². The molecule has 2 amide bonds. The molecule has 0 heterocycles. The number of anilines is 2. The Labute approximate surface area is 184 Å². The molecule has 0 radical (unpaired) electrons. The van der Waals surface area contributed by atoms with Crippen molar-refractivity contribution in [2.24, 2.45) is 0 Å². The molecule has 2 rings (SSSR count). The van der Waals surface area contributed by atoms with E-state index in [1.807, 2.05) is 46.8 Å². The zero-order valence-electron chi connectivity index (χ0n) is 18.9. The van der Waals surface area contributed by atoms with Gasteiger partial charge in [0, 0.05) is 6.04 Å². The molecule has 7 nitrogen and oxygen atoms in total. The number of carbonyl (C=O) groups excluding carboxylic acids is 2. The number of rotatable bonds is 8. The average molecular weight is 446 g/mol. The number of para-hydroxylation sites is 1. The third-order valence-corrected chi connectivity index (χ3v) is 6.12. The van der Waals surface area contributed by atoms with Crippen LogP contribution in [0.5, 0.6) is 0 Å². The molecule has 0 saturated heterocycles. The van der Waals surface area contributed by atoms with Gasteiger partial charge in [-0.3, -0.25) is 13.9 Å². The van der Waals surface area contributed by atoms with E-state index in [0.717, 1.165) is 33.7 Å². The molecule has 0 aliphatic carbocycles. The maximum Gasteiger partial charge on any atom is 0.253 e. The van der Waals surface area contributed by atoms with Gasteiger partial charge in [-0.2, -0.15) is 0 Å². The second kappa shape index (κ2) is 9.96. The fraction of sp³-hybridized carbons (Fsp3) is 0.391. The van der Waals surface area contributed by atoms with E-state index >= 15 is 0 Å². The molecule has 2 aromatic rings. The zero-order chi connectivity index (χ0) is 23.3. The highest BCUT2D eigenvalue weighted by molar-refractivity contribution is 7.92. The van der Waals surface area contributed by atoms with Gasteiger partial charge in [-0.1, -0.05) is 36.8 Å². The van der Waals surface area contributed by atoms with Crippen LogP contribution in [0, 0.1) is 20.8 Å². The van der Waals surface area contributed by atoms with E-state index in [-0.39, 0.29) is 11.9 Å². The number of aryl methyl sites for hydroxylation is 3. The lowest BCUT2D eigenvalue weighted by Gasteiger charge is -2.26. The van der Waals surface area contributed by atoms with Crippen molar-refractivity contribution in [2.75, 3.05) is 22.4 Å². The monoisotopic (exact) mass is 445 g/mol. The van der Waals surface area contributed by atoms with Gasteiger partial charge < -0.3 is 10.6 Å². The molecule has 0 aromatic heterocycles. The molecule has 168 valence electrons. The number of nitrogens with one attached hydrogen (secondary N) is 2. The molecular weight excluding hydrogens is 414 g/mol. The summed E-state index contributed by atoms with van der Waals surface area (Å²) in [6.45, 7) is 9.04. The van der Waals surface area contributed by atoms with Crippen molar-refractivity contribution in [3.63, 3.8) is 0 Å². The van der Waals surface area contributed by atoms with Crippen molar-refractivity contribution in [1.82, 2.24) is 5.32 Å². The quantitative estimate of drug-likeness (QED) is 0.650. The van der Waals surface area contributed by atoms with Gasteiger partial charge in [0.05, 0.1) is 23.2 Å². The first-order chi connectivity index (χ1) is 14.4. The second-order valence-electron chi connectivity index (χ2n) is 7.89. The molecule has 0 saturated carbocycles. The van der Waals surface area contributed by atoms with Crippen molar-refractivity contribution in [3.8, 4) is 0 Å². The number of benzene rings is 2. The van der Waals surface area contributed by atoms with Crippen LogP contribution in [0.25, 0.3) is 0 Å². The van der Waals surface area contributed by atoms with Crippen molar-refractivity contribution in [1.29, 1.82) is 0 Å². The van der Waals surface area contributed by atoms with Gasteiger partial charge in [0.15, 0.2) is 0 Å². The third-order valence-electron chi connectivity index (χ3n) is 5.01. The Kier molecular flexibility index (Phi) is 7.84. The molecule has 2 aromatic carbocycles. The van der Waals surface area contributed by atoms with Gasteiger partial charge in [0.1, 0.15) is 6.54 Å². The Balaban J connectivity index is 2.31. The maximum absolute atomic E-state index is 12.8. The molecule has 0 aliphatic heterocycles. The number of hydrogen-bond acceptors (Lipinski definition) is 4. The van der Waals surface area contributed by atoms with Crippen molar-refractivity contribution in [2.45, 2.75) is 47.1 Å².